The highest BCUT2D eigenvalue weighted by Crippen LogP contribution is 2.14. The van der Waals surface area contributed by atoms with Crippen LogP contribution in [0.2, 0.25) is 0 Å². The molecule has 1 rings (SSSR count). The first kappa shape index (κ1) is 11.2. The topological polar surface area (TPSA) is 35.2 Å². The molecule has 0 amide bonds. The zero-order valence-corrected chi connectivity index (χ0v) is 9.51. The highest BCUT2D eigenvalue weighted by molar-refractivity contribution is 7.99. The number of hydrogen-bond donors (Lipinski definition) is 1. The van der Waals surface area contributed by atoms with E-state index in [9.17, 15) is 0 Å². The molecule has 1 aromatic rings. The maximum absolute atomic E-state index is 5.56. The largest absolute Gasteiger partial charge is 0.493 e. The van der Waals surface area contributed by atoms with Crippen molar-refractivity contribution in [2.75, 3.05) is 18.1 Å². The molecule has 0 unspecified atom stereocenters. The third-order valence-corrected chi connectivity index (χ3v) is 2.75. The molecule has 0 aromatic heterocycles. The van der Waals surface area contributed by atoms with Crippen LogP contribution in [0.15, 0.2) is 24.3 Å². The summed E-state index contributed by atoms with van der Waals surface area (Å²) in [5.74, 6) is 1.92. The normalized spacial score (nSPS) is 10.5. The zero-order valence-electron chi connectivity index (χ0n) is 8.69. The molecule has 2 N–H and O–H groups in total. The standard InChI is InChI=1S/C11H17NOS/c1-9(2)14-8-7-13-11-5-3-10(12)4-6-11/h3-6,9H,7-8,12H2,1-2H3. The number of rotatable bonds is 5. The minimum Gasteiger partial charge on any atom is -0.493 e. The van der Waals surface area contributed by atoms with Crippen molar-refractivity contribution in [1.82, 2.24) is 0 Å². The lowest BCUT2D eigenvalue weighted by Crippen LogP contribution is -2.02. The molecule has 0 aliphatic carbocycles. The quantitative estimate of drug-likeness (QED) is 0.601. The number of thioether (sulfide) groups is 1. The minimum atomic E-state index is 0.671. The van der Waals surface area contributed by atoms with Crippen LogP contribution in [-0.4, -0.2) is 17.6 Å². The number of nitrogen functional groups attached to an aromatic ring is 1. The van der Waals surface area contributed by atoms with Gasteiger partial charge in [0, 0.05) is 11.4 Å². The summed E-state index contributed by atoms with van der Waals surface area (Å²) in [5, 5.41) is 0.671. The SMILES string of the molecule is CC(C)SCCOc1ccc(N)cc1. The summed E-state index contributed by atoms with van der Waals surface area (Å²) >= 11 is 1.90. The smallest absolute Gasteiger partial charge is 0.119 e. The summed E-state index contributed by atoms with van der Waals surface area (Å²) < 4.78 is 5.54. The van der Waals surface area contributed by atoms with Crippen LogP contribution < -0.4 is 10.5 Å². The second-order valence-electron chi connectivity index (χ2n) is 3.34. The predicted octanol–water partition coefficient (Wildman–Crippen LogP) is 2.79. The molecule has 0 heterocycles. The fourth-order valence-electron chi connectivity index (χ4n) is 1.01. The van der Waals surface area contributed by atoms with Crippen molar-refractivity contribution < 1.29 is 4.74 Å². The molecule has 78 valence electrons. The van der Waals surface area contributed by atoms with Crippen LogP contribution in [0.1, 0.15) is 13.8 Å². The van der Waals surface area contributed by atoms with Crippen LogP contribution in [0.3, 0.4) is 0 Å². The molecule has 0 radical (unpaired) electrons. The third-order valence-electron chi connectivity index (χ3n) is 1.68. The van der Waals surface area contributed by atoms with Gasteiger partial charge in [0.2, 0.25) is 0 Å². The van der Waals surface area contributed by atoms with E-state index in [0.717, 1.165) is 23.8 Å². The second kappa shape index (κ2) is 5.81. The van der Waals surface area contributed by atoms with E-state index in [-0.39, 0.29) is 0 Å². The Balaban J connectivity index is 2.21. The molecule has 2 nitrogen and oxygen atoms in total. The number of hydrogen-bond acceptors (Lipinski definition) is 3. The van der Waals surface area contributed by atoms with E-state index in [1.807, 2.05) is 36.0 Å². The van der Waals surface area contributed by atoms with E-state index in [0.29, 0.717) is 5.25 Å². The molecule has 14 heavy (non-hydrogen) atoms. The first-order valence-corrected chi connectivity index (χ1v) is 5.83. The lowest BCUT2D eigenvalue weighted by Gasteiger charge is -2.07. The summed E-state index contributed by atoms with van der Waals surface area (Å²) in [5.41, 5.74) is 6.33. The van der Waals surface area contributed by atoms with Gasteiger partial charge in [0.1, 0.15) is 5.75 Å². The van der Waals surface area contributed by atoms with E-state index in [1.165, 1.54) is 0 Å². The molecule has 0 saturated carbocycles. The van der Waals surface area contributed by atoms with Crippen molar-refractivity contribution in [3.8, 4) is 5.75 Å². The summed E-state index contributed by atoms with van der Waals surface area (Å²) in [6.45, 7) is 5.13. The molecular formula is C11H17NOS. The molecule has 3 heteroatoms. The molecule has 0 bridgehead atoms. The molecule has 0 atom stereocenters. The van der Waals surface area contributed by atoms with Gasteiger partial charge in [-0.15, -0.1) is 0 Å². The number of anilines is 1. The van der Waals surface area contributed by atoms with Gasteiger partial charge >= 0.3 is 0 Å². The predicted molar refractivity (Wildman–Crippen MR) is 63.9 cm³/mol. The van der Waals surface area contributed by atoms with Crippen molar-refractivity contribution in [3.05, 3.63) is 24.3 Å². The van der Waals surface area contributed by atoms with E-state index < -0.39 is 0 Å². The van der Waals surface area contributed by atoms with Gasteiger partial charge in [-0.05, 0) is 29.5 Å². The van der Waals surface area contributed by atoms with Gasteiger partial charge < -0.3 is 10.5 Å². The van der Waals surface area contributed by atoms with Crippen LogP contribution in [0.25, 0.3) is 0 Å². The number of nitrogens with two attached hydrogens (primary N) is 1. The van der Waals surface area contributed by atoms with E-state index in [4.69, 9.17) is 10.5 Å². The van der Waals surface area contributed by atoms with Crippen molar-refractivity contribution in [2.24, 2.45) is 0 Å². The molecule has 0 spiro atoms. The number of ether oxygens (including phenoxy) is 1. The van der Waals surface area contributed by atoms with Crippen molar-refractivity contribution in [1.29, 1.82) is 0 Å². The minimum absolute atomic E-state index is 0.671. The highest BCUT2D eigenvalue weighted by atomic mass is 32.2. The summed E-state index contributed by atoms with van der Waals surface area (Å²) in [6, 6.07) is 7.50. The van der Waals surface area contributed by atoms with Crippen LogP contribution in [0, 0.1) is 0 Å². The molecule has 0 fully saturated rings. The second-order valence-corrected chi connectivity index (χ2v) is 5.02. The average Bonchev–Trinajstić information content (AvgIpc) is 2.15. The van der Waals surface area contributed by atoms with Crippen LogP contribution in [-0.2, 0) is 0 Å². The van der Waals surface area contributed by atoms with E-state index in [2.05, 4.69) is 13.8 Å². The maximum Gasteiger partial charge on any atom is 0.119 e. The Hall–Kier alpha value is -0.830. The number of benzene rings is 1. The van der Waals surface area contributed by atoms with Crippen molar-refractivity contribution in [2.45, 2.75) is 19.1 Å². The molecule has 0 saturated heterocycles. The van der Waals surface area contributed by atoms with Crippen molar-refractivity contribution >= 4 is 17.4 Å². The molecule has 1 aromatic carbocycles. The lowest BCUT2D eigenvalue weighted by molar-refractivity contribution is 0.344. The van der Waals surface area contributed by atoms with Crippen molar-refractivity contribution in [3.63, 3.8) is 0 Å². The Bertz CT molecular complexity index is 258. The zero-order chi connectivity index (χ0) is 10.4. The first-order chi connectivity index (χ1) is 6.68. The Kier molecular flexibility index (Phi) is 4.66. The average molecular weight is 211 g/mol. The summed E-state index contributed by atoms with van der Waals surface area (Å²) in [6.07, 6.45) is 0. The lowest BCUT2D eigenvalue weighted by atomic mass is 10.3. The van der Waals surface area contributed by atoms with Crippen LogP contribution in [0.5, 0.6) is 5.75 Å². The van der Waals surface area contributed by atoms with Gasteiger partial charge in [-0.3, -0.25) is 0 Å². The fourth-order valence-corrected chi connectivity index (χ4v) is 1.66. The Morgan fingerprint density at radius 1 is 1.29 bits per heavy atom. The Labute approximate surface area is 89.8 Å². The third kappa shape index (κ3) is 4.42. The van der Waals surface area contributed by atoms with E-state index >= 15 is 0 Å². The monoisotopic (exact) mass is 211 g/mol. The highest BCUT2D eigenvalue weighted by Gasteiger charge is 1.95. The maximum atomic E-state index is 5.56. The van der Waals surface area contributed by atoms with Gasteiger partial charge in [-0.1, -0.05) is 13.8 Å². The molecule has 0 aliphatic heterocycles. The van der Waals surface area contributed by atoms with Gasteiger partial charge in [0.15, 0.2) is 0 Å². The molecule has 0 aliphatic rings. The Morgan fingerprint density at radius 2 is 1.93 bits per heavy atom. The summed E-state index contributed by atoms with van der Waals surface area (Å²) in [7, 11) is 0. The van der Waals surface area contributed by atoms with Gasteiger partial charge in [-0.2, -0.15) is 11.8 Å². The summed E-state index contributed by atoms with van der Waals surface area (Å²) in [4.78, 5) is 0. The van der Waals surface area contributed by atoms with E-state index in [1.54, 1.807) is 0 Å². The van der Waals surface area contributed by atoms with Gasteiger partial charge in [-0.25, -0.2) is 0 Å². The van der Waals surface area contributed by atoms with Gasteiger partial charge in [0.25, 0.3) is 0 Å². The molecular weight excluding hydrogens is 194 g/mol. The fraction of sp³-hybridized carbons (Fsp3) is 0.455. The van der Waals surface area contributed by atoms with Gasteiger partial charge in [0.05, 0.1) is 6.61 Å². The van der Waals surface area contributed by atoms with Crippen LogP contribution >= 0.6 is 11.8 Å². The Morgan fingerprint density at radius 3 is 2.50 bits per heavy atom. The van der Waals surface area contributed by atoms with Crippen LogP contribution in [0.4, 0.5) is 5.69 Å². The first-order valence-electron chi connectivity index (χ1n) is 4.78.